The Morgan fingerprint density at radius 1 is 0.885 bits per heavy atom. The normalized spacial score (nSPS) is 10.4. The lowest BCUT2D eigenvalue weighted by molar-refractivity contribution is 0.650. The molecule has 4 aromatic rings. The van der Waals surface area contributed by atoms with Crippen molar-refractivity contribution < 1.29 is 0 Å². The van der Waals surface area contributed by atoms with Crippen molar-refractivity contribution in [3.63, 3.8) is 0 Å². The van der Waals surface area contributed by atoms with Crippen molar-refractivity contribution in [2.45, 2.75) is 6.54 Å². The van der Waals surface area contributed by atoms with Crippen molar-refractivity contribution in [1.29, 1.82) is 5.26 Å². The number of hydrogen-bond acceptors (Lipinski definition) is 4. The lowest BCUT2D eigenvalue weighted by Crippen LogP contribution is -2.00. The number of nitriles is 1. The SMILES string of the molecule is N#Cc1ccccc1-c1ccc(Cn2cc(-c3ccncc3)nn2)cc1. The summed E-state index contributed by atoms with van der Waals surface area (Å²) in [6, 6.07) is 21.9. The van der Waals surface area contributed by atoms with Gasteiger partial charge in [-0.15, -0.1) is 5.10 Å². The van der Waals surface area contributed by atoms with E-state index in [9.17, 15) is 5.26 Å². The van der Waals surface area contributed by atoms with Gasteiger partial charge in [-0.05, 0) is 34.9 Å². The molecule has 5 nitrogen and oxygen atoms in total. The summed E-state index contributed by atoms with van der Waals surface area (Å²) in [4.78, 5) is 4.02. The van der Waals surface area contributed by atoms with Gasteiger partial charge in [0.2, 0.25) is 0 Å². The highest BCUT2D eigenvalue weighted by Crippen LogP contribution is 2.23. The Kier molecular flexibility index (Phi) is 4.23. The Hall–Kier alpha value is -3.78. The highest BCUT2D eigenvalue weighted by molar-refractivity contribution is 5.70. The van der Waals surface area contributed by atoms with Gasteiger partial charge in [0.1, 0.15) is 5.69 Å². The van der Waals surface area contributed by atoms with Crippen LogP contribution in [0, 0.1) is 11.3 Å². The number of hydrogen-bond donors (Lipinski definition) is 0. The van der Waals surface area contributed by atoms with E-state index in [1.54, 1.807) is 12.4 Å². The van der Waals surface area contributed by atoms with Crippen LogP contribution in [0.3, 0.4) is 0 Å². The Morgan fingerprint density at radius 3 is 2.42 bits per heavy atom. The summed E-state index contributed by atoms with van der Waals surface area (Å²) >= 11 is 0. The first kappa shape index (κ1) is 15.7. The van der Waals surface area contributed by atoms with Crippen LogP contribution in [-0.4, -0.2) is 20.0 Å². The monoisotopic (exact) mass is 337 g/mol. The van der Waals surface area contributed by atoms with Crippen molar-refractivity contribution >= 4 is 0 Å². The largest absolute Gasteiger partial charge is 0.265 e. The van der Waals surface area contributed by atoms with Gasteiger partial charge < -0.3 is 0 Å². The molecule has 0 radical (unpaired) electrons. The highest BCUT2D eigenvalue weighted by Gasteiger charge is 2.06. The minimum Gasteiger partial charge on any atom is -0.265 e. The Morgan fingerprint density at radius 2 is 1.65 bits per heavy atom. The first-order valence-corrected chi connectivity index (χ1v) is 8.22. The van der Waals surface area contributed by atoms with Crippen LogP contribution in [0.1, 0.15) is 11.1 Å². The zero-order chi connectivity index (χ0) is 17.8. The third-order valence-corrected chi connectivity index (χ3v) is 4.17. The molecule has 0 fully saturated rings. The van der Waals surface area contributed by atoms with Gasteiger partial charge in [-0.3, -0.25) is 4.98 Å². The van der Waals surface area contributed by atoms with E-state index in [1.807, 2.05) is 59.4 Å². The second-order valence-electron chi connectivity index (χ2n) is 5.89. The predicted octanol–water partition coefficient (Wildman–Crippen LogP) is 3.93. The van der Waals surface area contributed by atoms with Crippen LogP contribution in [0.15, 0.2) is 79.3 Å². The second kappa shape index (κ2) is 6.99. The fraction of sp³-hybridized carbons (Fsp3) is 0.0476. The van der Waals surface area contributed by atoms with Crippen LogP contribution in [0.25, 0.3) is 22.4 Å². The highest BCUT2D eigenvalue weighted by atomic mass is 15.4. The van der Waals surface area contributed by atoms with Crippen LogP contribution in [0.2, 0.25) is 0 Å². The van der Waals surface area contributed by atoms with Gasteiger partial charge >= 0.3 is 0 Å². The summed E-state index contributed by atoms with van der Waals surface area (Å²) < 4.78 is 1.81. The van der Waals surface area contributed by atoms with Crippen LogP contribution in [-0.2, 0) is 6.54 Å². The molecule has 0 N–H and O–H groups in total. The van der Waals surface area contributed by atoms with E-state index in [0.29, 0.717) is 12.1 Å². The third-order valence-electron chi connectivity index (χ3n) is 4.17. The number of pyridine rings is 1. The van der Waals surface area contributed by atoms with E-state index in [2.05, 4.69) is 33.5 Å². The van der Waals surface area contributed by atoms with Crippen molar-refractivity contribution in [2.75, 3.05) is 0 Å². The maximum absolute atomic E-state index is 9.25. The minimum atomic E-state index is 0.637. The molecule has 0 unspecified atom stereocenters. The number of nitrogens with zero attached hydrogens (tertiary/aromatic N) is 5. The van der Waals surface area contributed by atoms with Crippen LogP contribution in [0.5, 0.6) is 0 Å². The number of benzene rings is 2. The summed E-state index contributed by atoms with van der Waals surface area (Å²) in [7, 11) is 0. The summed E-state index contributed by atoms with van der Waals surface area (Å²) in [6.45, 7) is 0.637. The first-order chi connectivity index (χ1) is 12.8. The van der Waals surface area contributed by atoms with Crippen LogP contribution in [0.4, 0.5) is 0 Å². The van der Waals surface area contributed by atoms with E-state index >= 15 is 0 Å². The molecule has 2 heterocycles. The maximum atomic E-state index is 9.25. The van der Waals surface area contributed by atoms with E-state index < -0.39 is 0 Å². The van der Waals surface area contributed by atoms with Gasteiger partial charge in [-0.25, -0.2) is 4.68 Å². The standard InChI is InChI=1S/C21H15N5/c22-13-19-3-1-2-4-20(19)17-7-5-16(6-8-17)14-26-15-21(24-25-26)18-9-11-23-12-10-18/h1-12,15H,14H2. The van der Waals surface area contributed by atoms with Crippen molar-refractivity contribution in [1.82, 2.24) is 20.0 Å². The van der Waals surface area contributed by atoms with Gasteiger partial charge in [0.05, 0.1) is 24.4 Å². The van der Waals surface area contributed by atoms with Crippen molar-refractivity contribution in [3.05, 3.63) is 90.4 Å². The molecule has 0 aliphatic heterocycles. The molecule has 124 valence electrons. The summed E-state index contributed by atoms with van der Waals surface area (Å²) in [5.41, 5.74) is 5.60. The zero-order valence-electron chi connectivity index (χ0n) is 13.9. The van der Waals surface area contributed by atoms with Gasteiger partial charge in [0.15, 0.2) is 0 Å². The van der Waals surface area contributed by atoms with E-state index in [-0.39, 0.29) is 0 Å². The predicted molar refractivity (Wildman–Crippen MR) is 98.9 cm³/mol. The third kappa shape index (κ3) is 3.21. The Labute approximate surface area is 151 Å². The fourth-order valence-electron chi connectivity index (χ4n) is 2.84. The molecule has 0 amide bonds. The Bertz CT molecular complexity index is 1060. The number of aromatic nitrogens is 4. The van der Waals surface area contributed by atoms with Crippen molar-refractivity contribution in [2.24, 2.45) is 0 Å². The zero-order valence-corrected chi connectivity index (χ0v) is 13.9. The molecule has 0 aliphatic carbocycles. The molecule has 0 aliphatic rings. The van der Waals surface area contributed by atoms with Gasteiger partial charge in [0, 0.05) is 18.0 Å². The quantitative estimate of drug-likeness (QED) is 0.566. The molecule has 5 heteroatoms. The molecule has 0 spiro atoms. The molecule has 0 bridgehead atoms. The average Bonchev–Trinajstić information content (AvgIpc) is 3.18. The topological polar surface area (TPSA) is 67.4 Å². The number of rotatable bonds is 4. The summed E-state index contributed by atoms with van der Waals surface area (Å²) in [6.07, 6.45) is 5.41. The van der Waals surface area contributed by atoms with Crippen LogP contribution >= 0.6 is 0 Å². The van der Waals surface area contributed by atoms with Gasteiger partial charge in [-0.1, -0.05) is 47.7 Å². The molecule has 0 saturated carbocycles. The molecular formula is C21H15N5. The van der Waals surface area contributed by atoms with Gasteiger partial charge in [-0.2, -0.15) is 5.26 Å². The summed E-state index contributed by atoms with van der Waals surface area (Å²) in [5.74, 6) is 0. The molecule has 2 aromatic heterocycles. The van der Waals surface area contributed by atoms with Gasteiger partial charge in [0.25, 0.3) is 0 Å². The molecule has 26 heavy (non-hydrogen) atoms. The first-order valence-electron chi connectivity index (χ1n) is 8.22. The molecule has 4 rings (SSSR count). The van der Waals surface area contributed by atoms with E-state index in [4.69, 9.17) is 0 Å². The Balaban J connectivity index is 1.54. The van der Waals surface area contributed by atoms with E-state index in [0.717, 1.165) is 27.9 Å². The second-order valence-corrected chi connectivity index (χ2v) is 5.89. The molecule has 0 atom stereocenters. The minimum absolute atomic E-state index is 0.637. The smallest absolute Gasteiger partial charge is 0.113 e. The fourth-order valence-corrected chi connectivity index (χ4v) is 2.84. The van der Waals surface area contributed by atoms with Crippen molar-refractivity contribution in [3.8, 4) is 28.5 Å². The maximum Gasteiger partial charge on any atom is 0.113 e. The summed E-state index contributed by atoms with van der Waals surface area (Å²) in [5, 5.41) is 17.7. The molecule has 2 aromatic carbocycles. The lowest BCUT2D eigenvalue weighted by atomic mass is 9.99. The molecular weight excluding hydrogens is 322 g/mol. The van der Waals surface area contributed by atoms with Crippen LogP contribution < -0.4 is 0 Å². The average molecular weight is 337 g/mol. The lowest BCUT2D eigenvalue weighted by Gasteiger charge is -2.06. The molecule has 0 saturated heterocycles. The van der Waals surface area contributed by atoms with E-state index in [1.165, 1.54) is 0 Å².